The molecule has 0 aliphatic carbocycles. The van der Waals surface area contributed by atoms with Crippen molar-refractivity contribution in [3.8, 4) is 0 Å². The second kappa shape index (κ2) is 30.2. The Kier molecular flexibility index (Phi) is 28.3. The summed E-state index contributed by atoms with van der Waals surface area (Å²) in [6.07, 6.45) is 48.7. The maximum absolute atomic E-state index is 3.75. The van der Waals surface area contributed by atoms with Gasteiger partial charge in [-0.05, 0) is 32.6 Å². The molecule has 0 radical (unpaired) electrons. The normalized spacial score (nSPS) is 13.1. The molecule has 1 aromatic heterocycles. The monoisotopic (exact) mass is 588 g/mol. The lowest BCUT2D eigenvalue weighted by Gasteiger charge is -2.17. The first-order chi connectivity index (χ1) is 20.7. The van der Waals surface area contributed by atoms with Gasteiger partial charge < -0.3 is 0 Å². The second-order valence-corrected chi connectivity index (χ2v) is 14.0. The van der Waals surface area contributed by atoms with Crippen LogP contribution in [0.1, 0.15) is 245 Å². The quantitative estimate of drug-likeness (QED) is 0.0623. The Morgan fingerprint density at radius 3 is 1.12 bits per heavy atom. The topological polar surface area (TPSA) is 19.7 Å². The van der Waals surface area contributed by atoms with E-state index in [9.17, 15) is 0 Å². The molecular weight excluding hydrogens is 508 g/mol. The van der Waals surface area contributed by atoms with E-state index < -0.39 is 0 Å². The molecule has 0 aliphatic rings. The van der Waals surface area contributed by atoms with Crippen LogP contribution in [0, 0.1) is 0 Å². The molecule has 0 saturated heterocycles. The number of unbranched alkanes of at least 4 members (excludes halogenated alkanes) is 25. The minimum Gasteiger partial charge on any atom is -0.247 e. The first kappa shape index (κ1) is 39.2. The fraction of sp³-hybridized carbons (Fsp3) is 0.925. The number of H-pyrrole nitrogens is 1. The van der Waals surface area contributed by atoms with E-state index in [2.05, 4.69) is 49.6 Å². The lowest BCUT2D eigenvalue weighted by molar-refractivity contribution is -0.727. The number of hydrogen-bond donors (Lipinski definition) is 1. The number of rotatable bonds is 33. The van der Waals surface area contributed by atoms with E-state index in [-0.39, 0.29) is 0 Å². The molecule has 1 rings (SSSR count). The van der Waals surface area contributed by atoms with Gasteiger partial charge in [-0.3, -0.25) is 0 Å². The molecule has 0 amide bonds. The summed E-state index contributed by atoms with van der Waals surface area (Å²) < 4.78 is 2.63. The summed E-state index contributed by atoms with van der Waals surface area (Å²) in [7, 11) is 0. The number of hydrogen-bond acceptors (Lipinski definition) is 0. The molecule has 2 atom stereocenters. The van der Waals surface area contributed by atoms with Crippen LogP contribution in [-0.4, -0.2) is 4.98 Å². The molecule has 0 aliphatic heterocycles. The summed E-state index contributed by atoms with van der Waals surface area (Å²) in [5.74, 6) is 2.25. The van der Waals surface area contributed by atoms with Crippen LogP contribution in [0.4, 0.5) is 0 Å². The molecule has 1 aromatic rings. The van der Waals surface area contributed by atoms with E-state index in [0.717, 1.165) is 0 Å². The van der Waals surface area contributed by atoms with Crippen LogP contribution in [0.2, 0.25) is 0 Å². The highest BCUT2D eigenvalue weighted by Crippen LogP contribution is 2.27. The Bertz CT molecular complexity index is 650. The predicted molar refractivity (Wildman–Crippen MR) is 189 cm³/mol. The Morgan fingerprint density at radius 1 is 0.452 bits per heavy atom. The Hall–Kier alpha value is -0.790. The standard InChI is InChI=1S/C40H78N2/c1-5-8-11-14-17-19-20-21-22-24-26-29-32-35-39(34-31-28-25-23-18-15-12-9-6-2)40-41-36-37-42(40)38(4)33-30-27-16-13-10-7-3/h36-39H,5-35H2,1-4H3/p+1. The van der Waals surface area contributed by atoms with E-state index in [1.54, 1.807) is 0 Å². The molecular formula is C40H79N2+. The molecule has 2 heteroatoms. The molecule has 0 spiro atoms. The highest BCUT2D eigenvalue weighted by Gasteiger charge is 2.25. The van der Waals surface area contributed by atoms with Gasteiger partial charge in [0, 0.05) is 0 Å². The van der Waals surface area contributed by atoms with Gasteiger partial charge in [-0.15, -0.1) is 0 Å². The molecule has 0 aromatic carbocycles. The van der Waals surface area contributed by atoms with Gasteiger partial charge in [0.05, 0.1) is 12.0 Å². The summed E-state index contributed by atoms with van der Waals surface area (Å²) in [6.45, 7) is 9.41. The fourth-order valence-corrected chi connectivity index (χ4v) is 6.96. The summed E-state index contributed by atoms with van der Waals surface area (Å²) in [5, 5.41) is 0. The van der Waals surface area contributed by atoms with E-state index >= 15 is 0 Å². The van der Waals surface area contributed by atoms with E-state index in [4.69, 9.17) is 0 Å². The first-order valence-electron chi connectivity index (χ1n) is 19.8. The van der Waals surface area contributed by atoms with Crippen LogP contribution in [0.15, 0.2) is 12.4 Å². The minimum atomic E-state index is 0.620. The first-order valence-corrected chi connectivity index (χ1v) is 19.8. The van der Waals surface area contributed by atoms with Crippen molar-refractivity contribution < 1.29 is 4.57 Å². The maximum Gasteiger partial charge on any atom is 0.257 e. The molecule has 1 N–H and O–H groups in total. The van der Waals surface area contributed by atoms with Gasteiger partial charge in [0.25, 0.3) is 5.82 Å². The summed E-state index contributed by atoms with van der Waals surface area (Å²) >= 11 is 0. The number of nitrogens with one attached hydrogen (secondary N) is 1. The molecule has 0 bridgehead atoms. The summed E-state index contributed by atoms with van der Waals surface area (Å²) in [4.78, 5) is 3.75. The molecule has 0 saturated carbocycles. The SMILES string of the molecule is CCCCCCCCCCCCCCCC(CCCCCCCCCCC)c1[nH]cc[n+]1C(C)CCCCCCCC. The summed E-state index contributed by atoms with van der Waals surface area (Å²) in [5.41, 5.74) is 0. The van der Waals surface area contributed by atoms with Crippen LogP contribution in [-0.2, 0) is 0 Å². The lowest BCUT2D eigenvalue weighted by Crippen LogP contribution is -2.41. The highest BCUT2D eigenvalue weighted by molar-refractivity contribution is 4.90. The van der Waals surface area contributed by atoms with Gasteiger partial charge in [0.1, 0.15) is 12.4 Å². The predicted octanol–water partition coefficient (Wildman–Crippen LogP) is 14.1. The summed E-state index contributed by atoms with van der Waals surface area (Å²) in [6, 6.07) is 0.620. The third-order valence-electron chi connectivity index (χ3n) is 9.89. The third kappa shape index (κ3) is 21.8. The Balaban J connectivity index is 2.40. The number of nitrogens with zero attached hydrogens (tertiary/aromatic N) is 1. The minimum absolute atomic E-state index is 0.620. The van der Waals surface area contributed by atoms with Gasteiger partial charge in [0.2, 0.25) is 0 Å². The van der Waals surface area contributed by atoms with Crippen molar-refractivity contribution in [2.45, 2.75) is 239 Å². The molecule has 2 unspecified atom stereocenters. The van der Waals surface area contributed by atoms with Crippen LogP contribution < -0.4 is 4.57 Å². The zero-order chi connectivity index (χ0) is 30.4. The smallest absolute Gasteiger partial charge is 0.247 e. The van der Waals surface area contributed by atoms with Crippen molar-refractivity contribution in [2.24, 2.45) is 0 Å². The largest absolute Gasteiger partial charge is 0.257 e. The van der Waals surface area contributed by atoms with Crippen molar-refractivity contribution in [3.05, 3.63) is 18.2 Å². The van der Waals surface area contributed by atoms with Gasteiger partial charge in [-0.1, -0.05) is 194 Å². The molecule has 1 heterocycles. The van der Waals surface area contributed by atoms with Gasteiger partial charge >= 0.3 is 0 Å². The number of aromatic amines is 1. The Labute approximate surface area is 266 Å². The zero-order valence-corrected chi connectivity index (χ0v) is 29.7. The maximum atomic E-state index is 3.75. The van der Waals surface area contributed by atoms with Gasteiger partial charge in [-0.2, -0.15) is 0 Å². The molecule has 42 heavy (non-hydrogen) atoms. The molecule has 0 fully saturated rings. The average molecular weight is 588 g/mol. The average Bonchev–Trinajstić information content (AvgIpc) is 3.49. The van der Waals surface area contributed by atoms with Crippen molar-refractivity contribution in [1.29, 1.82) is 0 Å². The van der Waals surface area contributed by atoms with Crippen molar-refractivity contribution in [3.63, 3.8) is 0 Å². The van der Waals surface area contributed by atoms with Crippen LogP contribution in [0.5, 0.6) is 0 Å². The van der Waals surface area contributed by atoms with E-state index in [1.807, 2.05) is 0 Å². The second-order valence-electron chi connectivity index (χ2n) is 14.0. The van der Waals surface area contributed by atoms with E-state index in [1.165, 1.54) is 205 Å². The lowest BCUT2D eigenvalue weighted by atomic mass is 9.92. The third-order valence-corrected chi connectivity index (χ3v) is 9.89. The van der Waals surface area contributed by atoms with Crippen molar-refractivity contribution in [1.82, 2.24) is 4.98 Å². The number of imidazole rings is 1. The highest BCUT2D eigenvalue weighted by atomic mass is 15.1. The van der Waals surface area contributed by atoms with Gasteiger partial charge in [-0.25, -0.2) is 9.55 Å². The van der Waals surface area contributed by atoms with Crippen LogP contribution in [0.3, 0.4) is 0 Å². The van der Waals surface area contributed by atoms with Gasteiger partial charge in [0.15, 0.2) is 0 Å². The number of aromatic nitrogens is 2. The van der Waals surface area contributed by atoms with E-state index in [0.29, 0.717) is 12.0 Å². The van der Waals surface area contributed by atoms with Crippen LogP contribution in [0.25, 0.3) is 0 Å². The zero-order valence-electron chi connectivity index (χ0n) is 29.7. The fourth-order valence-electron chi connectivity index (χ4n) is 6.96. The van der Waals surface area contributed by atoms with Crippen molar-refractivity contribution >= 4 is 0 Å². The van der Waals surface area contributed by atoms with Crippen LogP contribution >= 0.6 is 0 Å². The van der Waals surface area contributed by atoms with Crippen molar-refractivity contribution in [2.75, 3.05) is 0 Å². The molecule has 248 valence electrons. The Morgan fingerprint density at radius 2 is 0.762 bits per heavy atom. The molecule has 2 nitrogen and oxygen atoms in total.